The van der Waals surface area contributed by atoms with Gasteiger partial charge in [-0.15, -0.1) is 0 Å². The summed E-state index contributed by atoms with van der Waals surface area (Å²) in [5, 5.41) is 3.62. The summed E-state index contributed by atoms with van der Waals surface area (Å²) < 4.78 is 0. The van der Waals surface area contributed by atoms with Crippen molar-refractivity contribution >= 4 is 17.3 Å². The molecule has 0 radical (unpaired) electrons. The van der Waals surface area contributed by atoms with Gasteiger partial charge in [0.2, 0.25) is 5.91 Å². The van der Waals surface area contributed by atoms with Gasteiger partial charge >= 0.3 is 0 Å². The molecule has 2 unspecified atom stereocenters. The van der Waals surface area contributed by atoms with Crippen LogP contribution in [0, 0.1) is 6.92 Å². The lowest BCUT2D eigenvalue weighted by Crippen LogP contribution is -2.43. The molecule has 3 rings (SSSR count). The molecular weight excluding hydrogens is 272 g/mol. The average molecular weight is 294 g/mol. The van der Waals surface area contributed by atoms with E-state index in [-0.39, 0.29) is 18.0 Å². The Morgan fingerprint density at radius 2 is 1.91 bits per heavy atom. The van der Waals surface area contributed by atoms with E-state index in [1.165, 1.54) is 11.1 Å². The van der Waals surface area contributed by atoms with Gasteiger partial charge in [0.15, 0.2) is 0 Å². The topological polar surface area (TPSA) is 32.3 Å². The van der Waals surface area contributed by atoms with Crippen LogP contribution in [-0.2, 0) is 4.79 Å². The number of carbonyl (C=O) groups is 1. The van der Waals surface area contributed by atoms with E-state index in [0.29, 0.717) is 0 Å². The molecule has 0 fully saturated rings. The Balaban J connectivity index is 2.00. The van der Waals surface area contributed by atoms with Crippen molar-refractivity contribution in [3.05, 3.63) is 59.7 Å². The van der Waals surface area contributed by atoms with Gasteiger partial charge in [-0.25, -0.2) is 0 Å². The Morgan fingerprint density at radius 1 is 1.18 bits per heavy atom. The van der Waals surface area contributed by atoms with E-state index < -0.39 is 0 Å². The van der Waals surface area contributed by atoms with Crippen LogP contribution in [0.25, 0.3) is 0 Å². The lowest BCUT2D eigenvalue weighted by atomic mass is 9.90. The van der Waals surface area contributed by atoms with Gasteiger partial charge in [0.1, 0.15) is 0 Å². The SMILES string of the molecule is CC(=O)N1c2ccc(C)cc2C(Nc2ccccc2)CC1C. The summed E-state index contributed by atoms with van der Waals surface area (Å²) >= 11 is 0. The summed E-state index contributed by atoms with van der Waals surface area (Å²) in [4.78, 5) is 13.9. The fourth-order valence-electron chi connectivity index (χ4n) is 3.34. The summed E-state index contributed by atoms with van der Waals surface area (Å²) in [7, 11) is 0. The van der Waals surface area contributed by atoms with Crippen LogP contribution in [0.5, 0.6) is 0 Å². The minimum absolute atomic E-state index is 0.107. The number of nitrogens with zero attached hydrogens (tertiary/aromatic N) is 1. The lowest BCUT2D eigenvalue weighted by Gasteiger charge is -2.39. The molecule has 0 spiro atoms. The molecule has 3 nitrogen and oxygen atoms in total. The Kier molecular flexibility index (Phi) is 3.88. The number of aryl methyl sites for hydroxylation is 1. The predicted octanol–water partition coefficient (Wildman–Crippen LogP) is 4.29. The number of hydrogen-bond donors (Lipinski definition) is 1. The van der Waals surface area contributed by atoms with Gasteiger partial charge in [-0.2, -0.15) is 0 Å². The number of hydrogen-bond acceptors (Lipinski definition) is 2. The van der Waals surface area contributed by atoms with Crippen molar-refractivity contribution in [3.8, 4) is 0 Å². The van der Waals surface area contributed by atoms with Gasteiger partial charge in [-0.05, 0) is 44.0 Å². The lowest BCUT2D eigenvalue weighted by molar-refractivity contribution is -0.117. The molecule has 1 amide bonds. The van der Waals surface area contributed by atoms with Crippen molar-refractivity contribution in [3.63, 3.8) is 0 Å². The van der Waals surface area contributed by atoms with Crippen molar-refractivity contribution in [2.24, 2.45) is 0 Å². The van der Waals surface area contributed by atoms with E-state index in [1.807, 2.05) is 23.1 Å². The maximum Gasteiger partial charge on any atom is 0.224 e. The number of nitrogens with one attached hydrogen (secondary N) is 1. The smallest absolute Gasteiger partial charge is 0.224 e. The molecule has 1 N–H and O–H groups in total. The zero-order valence-corrected chi connectivity index (χ0v) is 13.3. The first kappa shape index (κ1) is 14.6. The fraction of sp³-hybridized carbons (Fsp3) is 0.316. The highest BCUT2D eigenvalue weighted by atomic mass is 16.2. The number of benzene rings is 2. The molecule has 2 aromatic rings. The Labute approximate surface area is 132 Å². The highest BCUT2D eigenvalue weighted by Crippen LogP contribution is 2.39. The zero-order chi connectivity index (χ0) is 15.7. The first-order valence-electron chi connectivity index (χ1n) is 7.78. The summed E-state index contributed by atoms with van der Waals surface area (Å²) in [5.74, 6) is 0.107. The van der Waals surface area contributed by atoms with Gasteiger partial charge in [0.25, 0.3) is 0 Å². The van der Waals surface area contributed by atoms with E-state index in [4.69, 9.17) is 0 Å². The number of fused-ring (bicyclic) bond motifs is 1. The normalized spacial score (nSPS) is 20.4. The minimum Gasteiger partial charge on any atom is -0.378 e. The van der Waals surface area contributed by atoms with Gasteiger partial charge in [0.05, 0.1) is 6.04 Å². The third-order valence-electron chi connectivity index (χ3n) is 4.29. The molecule has 114 valence electrons. The quantitative estimate of drug-likeness (QED) is 0.896. The number of carbonyl (C=O) groups excluding carboxylic acids is 1. The number of rotatable bonds is 2. The molecule has 1 heterocycles. The van der Waals surface area contributed by atoms with Crippen LogP contribution in [0.3, 0.4) is 0 Å². The first-order chi connectivity index (χ1) is 10.6. The van der Waals surface area contributed by atoms with Crippen LogP contribution < -0.4 is 10.2 Å². The molecule has 1 aliphatic heterocycles. The molecule has 0 saturated carbocycles. The van der Waals surface area contributed by atoms with Gasteiger partial charge in [-0.1, -0.05) is 35.9 Å². The summed E-state index contributed by atoms with van der Waals surface area (Å²) in [6.45, 7) is 5.85. The van der Waals surface area contributed by atoms with Crippen molar-refractivity contribution in [1.82, 2.24) is 0 Å². The summed E-state index contributed by atoms with van der Waals surface area (Å²) in [5.41, 5.74) is 4.57. The van der Waals surface area contributed by atoms with Gasteiger partial charge < -0.3 is 10.2 Å². The predicted molar refractivity (Wildman–Crippen MR) is 91.2 cm³/mol. The van der Waals surface area contributed by atoms with Crippen LogP contribution in [-0.4, -0.2) is 11.9 Å². The second kappa shape index (κ2) is 5.84. The van der Waals surface area contributed by atoms with Crippen molar-refractivity contribution < 1.29 is 4.79 Å². The van der Waals surface area contributed by atoms with E-state index in [2.05, 4.69) is 49.5 Å². The largest absolute Gasteiger partial charge is 0.378 e. The highest BCUT2D eigenvalue weighted by molar-refractivity contribution is 5.93. The number of anilines is 2. The average Bonchev–Trinajstić information content (AvgIpc) is 2.48. The third kappa shape index (κ3) is 2.71. The standard InChI is InChI=1S/C19H22N2O/c1-13-9-10-19-17(11-13)18(12-14(2)21(19)15(3)22)20-16-7-5-4-6-8-16/h4-11,14,18,20H,12H2,1-3H3. The van der Waals surface area contributed by atoms with Crippen LogP contribution in [0.2, 0.25) is 0 Å². The molecule has 3 heteroatoms. The van der Waals surface area contributed by atoms with Crippen LogP contribution in [0.4, 0.5) is 11.4 Å². The molecule has 1 aliphatic rings. The molecule has 0 aliphatic carbocycles. The Hall–Kier alpha value is -2.29. The van der Waals surface area contributed by atoms with Crippen molar-refractivity contribution in [2.45, 2.75) is 39.3 Å². The molecule has 0 saturated heterocycles. The summed E-state index contributed by atoms with van der Waals surface area (Å²) in [6, 6.07) is 17.0. The second-order valence-electron chi connectivity index (χ2n) is 6.10. The maximum atomic E-state index is 12.0. The van der Waals surface area contributed by atoms with Crippen LogP contribution in [0.15, 0.2) is 48.5 Å². The molecule has 2 atom stereocenters. The Bertz CT molecular complexity index is 681. The zero-order valence-electron chi connectivity index (χ0n) is 13.3. The van der Waals surface area contributed by atoms with E-state index in [0.717, 1.165) is 17.8 Å². The van der Waals surface area contributed by atoms with Gasteiger partial charge in [0, 0.05) is 24.3 Å². The molecule has 0 aromatic heterocycles. The van der Waals surface area contributed by atoms with E-state index in [1.54, 1.807) is 6.92 Å². The maximum absolute atomic E-state index is 12.0. The second-order valence-corrected chi connectivity index (χ2v) is 6.10. The van der Waals surface area contributed by atoms with E-state index >= 15 is 0 Å². The first-order valence-corrected chi connectivity index (χ1v) is 7.78. The molecule has 2 aromatic carbocycles. The Morgan fingerprint density at radius 3 is 2.59 bits per heavy atom. The monoisotopic (exact) mass is 294 g/mol. The number of amides is 1. The fourth-order valence-corrected chi connectivity index (χ4v) is 3.34. The van der Waals surface area contributed by atoms with Gasteiger partial charge in [-0.3, -0.25) is 4.79 Å². The van der Waals surface area contributed by atoms with Crippen molar-refractivity contribution in [1.29, 1.82) is 0 Å². The molecular formula is C19H22N2O. The molecule has 0 bridgehead atoms. The molecule has 22 heavy (non-hydrogen) atoms. The number of para-hydroxylation sites is 1. The highest BCUT2D eigenvalue weighted by Gasteiger charge is 2.32. The van der Waals surface area contributed by atoms with Crippen LogP contribution >= 0.6 is 0 Å². The summed E-state index contributed by atoms with van der Waals surface area (Å²) in [6.07, 6.45) is 0.908. The van der Waals surface area contributed by atoms with E-state index in [9.17, 15) is 4.79 Å². The third-order valence-corrected chi connectivity index (χ3v) is 4.29. The minimum atomic E-state index is 0.107. The van der Waals surface area contributed by atoms with Crippen LogP contribution in [0.1, 0.15) is 37.4 Å². The van der Waals surface area contributed by atoms with Crippen molar-refractivity contribution in [2.75, 3.05) is 10.2 Å².